The number of piperidine rings is 1. The molecule has 1 aromatic rings. The van der Waals surface area contributed by atoms with Crippen molar-refractivity contribution in [2.75, 3.05) is 25.0 Å². The molecule has 0 bridgehead atoms. The van der Waals surface area contributed by atoms with Crippen LogP contribution in [0, 0.1) is 17.7 Å². The second kappa shape index (κ2) is 6.13. The maximum Gasteiger partial charge on any atom is 0.146 e. The first-order chi connectivity index (χ1) is 9.78. The van der Waals surface area contributed by atoms with Gasteiger partial charge in [-0.2, -0.15) is 0 Å². The number of nitrogens with zero attached hydrogens (tertiary/aromatic N) is 1. The Labute approximate surface area is 121 Å². The van der Waals surface area contributed by atoms with Crippen LogP contribution in [0.2, 0.25) is 0 Å². The fraction of sp³-hybridized carbons (Fsp3) is 0.647. The summed E-state index contributed by atoms with van der Waals surface area (Å²) < 4.78 is 14.3. The molecule has 3 heteroatoms. The van der Waals surface area contributed by atoms with E-state index in [1.165, 1.54) is 32.1 Å². The highest BCUT2D eigenvalue weighted by atomic mass is 19.1. The van der Waals surface area contributed by atoms with Gasteiger partial charge in [-0.05, 0) is 49.4 Å². The van der Waals surface area contributed by atoms with E-state index in [0.717, 1.165) is 42.7 Å². The molecule has 2 atom stereocenters. The molecule has 3 rings (SSSR count). The van der Waals surface area contributed by atoms with Crippen LogP contribution in [-0.2, 0) is 6.54 Å². The van der Waals surface area contributed by atoms with Crippen LogP contribution in [0.1, 0.15) is 37.7 Å². The fourth-order valence-corrected chi connectivity index (χ4v) is 3.94. The van der Waals surface area contributed by atoms with Gasteiger partial charge in [0.05, 0.1) is 5.69 Å². The smallest absolute Gasteiger partial charge is 0.146 e. The lowest BCUT2D eigenvalue weighted by Gasteiger charge is -2.42. The summed E-state index contributed by atoms with van der Waals surface area (Å²) in [6.07, 6.45) is 6.72. The molecule has 0 radical (unpaired) electrons. The molecule has 1 aromatic carbocycles. The number of halogens is 1. The Morgan fingerprint density at radius 2 is 2.00 bits per heavy atom. The van der Waals surface area contributed by atoms with Crippen LogP contribution in [0.25, 0.3) is 0 Å². The van der Waals surface area contributed by atoms with E-state index in [-0.39, 0.29) is 5.82 Å². The van der Waals surface area contributed by atoms with E-state index >= 15 is 0 Å². The number of benzene rings is 1. The molecule has 1 aliphatic heterocycles. The number of anilines is 1. The molecule has 1 N–H and O–H groups in total. The van der Waals surface area contributed by atoms with Gasteiger partial charge in [0.15, 0.2) is 0 Å². The Morgan fingerprint density at radius 1 is 1.20 bits per heavy atom. The Hall–Kier alpha value is -1.09. The summed E-state index contributed by atoms with van der Waals surface area (Å²) in [6.45, 7) is 2.79. The van der Waals surface area contributed by atoms with Crippen molar-refractivity contribution in [3.05, 3.63) is 29.6 Å². The molecule has 2 unspecified atom stereocenters. The average molecular weight is 276 g/mol. The van der Waals surface area contributed by atoms with Crippen LogP contribution in [0.3, 0.4) is 0 Å². The second-order valence-electron chi connectivity index (χ2n) is 6.36. The van der Waals surface area contributed by atoms with E-state index in [2.05, 4.69) is 10.2 Å². The summed E-state index contributed by atoms with van der Waals surface area (Å²) in [6, 6.07) is 5.69. The minimum absolute atomic E-state index is 0.0630. The molecular weight excluding hydrogens is 251 g/mol. The zero-order chi connectivity index (χ0) is 13.9. The van der Waals surface area contributed by atoms with Crippen molar-refractivity contribution >= 4 is 5.69 Å². The normalized spacial score (nSPS) is 26.4. The van der Waals surface area contributed by atoms with Crippen molar-refractivity contribution < 1.29 is 4.39 Å². The number of rotatable bonds is 3. The topological polar surface area (TPSA) is 15.3 Å². The van der Waals surface area contributed by atoms with Crippen LogP contribution in [-0.4, -0.2) is 20.1 Å². The van der Waals surface area contributed by atoms with Crippen LogP contribution < -0.4 is 10.2 Å². The number of hydrogen-bond acceptors (Lipinski definition) is 2. The van der Waals surface area contributed by atoms with Gasteiger partial charge in [-0.25, -0.2) is 4.39 Å². The standard InChI is InChI=1S/C17H25FN2/c1-19-11-13-6-7-17(16(18)10-13)20-9-8-14-4-2-3-5-15(14)12-20/h6-7,10,14-15,19H,2-5,8-9,11-12H2,1H3. The highest BCUT2D eigenvalue weighted by Gasteiger charge is 2.31. The lowest BCUT2D eigenvalue weighted by Crippen LogP contribution is -2.42. The third-order valence-corrected chi connectivity index (χ3v) is 5.02. The molecule has 2 fully saturated rings. The number of nitrogens with one attached hydrogen (secondary N) is 1. The van der Waals surface area contributed by atoms with Crippen LogP contribution in [0.15, 0.2) is 18.2 Å². The van der Waals surface area contributed by atoms with Gasteiger partial charge in [-0.3, -0.25) is 0 Å². The van der Waals surface area contributed by atoms with Crippen molar-refractivity contribution in [2.24, 2.45) is 11.8 Å². The van der Waals surface area contributed by atoms with Crippen LogP contribution in [0.4, 0.5) is 10.1 Å². The maximum atomic E-state index is 14.3. The van der Waals surface area contributed by atoms with Gasteiger partial charge in [-0.1, -0.05) is 25.3 Å². The largest absolute Gasteiger partial charge is 0.369 e. The first-order valence-corrected chi connectivity index (χ1v) is 7.96. The molecule has 1 aliphatic carbocycles. The molecule has 1 heterocycles. The van der Waals surface area contributed by atoms with E-state index in [4.69, 9.17) is 0 Å². The molecule has 110 valence electrons. The SMILES string of the molecule is CNCc1ccc(N2CCC3CCCCC3C2)c(F)c1. The Balaban J connectivity index is 1.72. The summed E-state index contributed by atoms with van der Waals surface area (Å²) in [7, 11) is 1.89. The zero-order valence-electron chi connectivity index (χ0n) is 12.4. The van der Waals surface area contributed by atoms with E-state index in [1.54, 1.807) is 6.07 Å². The molecule has 1 saturated heterocycles. The predicted molar refractivity (Wildman–Crippen MR) is 81.4 cm³/mol. The molecular formula is C17H25FN2. The average Bonchev–Trinajstić information content (AvgIpc) is 2.47. The molecule has 1 saturated carbocycles. The number of hydrogen-bond donors (Lipinski definition) is 1. The summed E-state index contributed by atoms with van der Waals surface area (Å²) in [5, 5.41) is 3.07. The van der Waals surface area contributed by atoms with Gasteiger partial charge in [0.25, 0.3) is 0 Å². The molecule has 0 amide bonds. The quantitative estimate of drug-likeness (QED) is 0.908. The van der Waals surface area contributed by atoms with Crippen molar-refractivity contribution in [3.8, 4) is 0 Å². The van der Waals surface area contributed by atoms with E-state index < -0.39 is 0 Å². The Kier molecular flexibility index (Phi) is 4.25. The van der Waals surface area contributed by atoms with Crippen LogP contribution in [0.5, 0.6) is 0 Å². The van der Waals surface area contributed by atoms with Crippen molar-refractivity contribution in [1.82, 2.24) is 5.32 Å². The zero-order valence-corrected chi connectivity index (χ0v) is 12.4. The Bertz CT molecular complexity index is 460. The molecule has 2 nitrogen and oxygen atoms in total. The van der Waals surface area contributed by atoms with E-state index in [0.29, 0.717) is 0 Å². The molecule has 0 spiro atoms. The monoisotopic (exact) mass is 276 g/mol. The summed E-state index contributed by atoms with van der Waals surface area (Å²) in [5.41, 5.74) is 1.81. The molecule has 0 aromatic heterocycles. The van der Waals surface area contributed by atoms with Crippen molar-refractivity contribution in [2.45, 2.75) is 38.6 Å². The lowest BCUT2D eigenvalue weighted by molar-refractivity contribution is 0.202. The minimum atomic E-state index is -0.0630. The fourth-order valence-electron chi connectivity index (χ4n) is 3.94. The van der Waals surface area contributed by atoms with Gasteiger partial charge in [0.2, 0.25) is 0 Å². The molecule has 2 aliphatic rings. The summed E-state index contributed by atoms with van der Waals surface area (Å²) in [5.74, 6) is 1.62. The van der Waals surface area contributed by atoms with Crippen molar-refractivity contribution in [3.63, 3.8) is 0 Å². The third-order valence-electron chi connectivity index (χ3n) is 5.02. The number of fused-ring (bicyclic) bond motifs is 1. The minimum Gasteiger partial charge on any atom is -0.369 e. The highest BCUT2D eigenvalue weighted by molar-refractivity contribution is 5.49. The third kappa shape index (κ3) is 2.83. The van der Waals surface area contributed by atoms with E-state index in [9.17, 15) is 4.39 Å². The Morgan fingerprint density at radius 3 is 2.75 bits per heavy atom. The van der Waals surface area contributed by atoms with Gasteiger partial charge >= 0.3 is 0 Å². The van der Waals surface area contributed by atoms with Crippen LogP contribution >= 0.6 is 0 Å². The van der Waals surface area contributed by atoms with Gasteiger partial charge < -0.3 is 10.2 Å². The van der Waals surface area contributed by atoms with E-state index in [1.807, 2.05) is 19.2 Å². The van der Waals surface area contributed by atoms with Crippen molar-refractivity contribution in [1.29, 1.82) is 0 Å². The summed E-state index contributed by atoms with van der Waals surface area (Å²) in [4.78, 5) is 2.27. The predicted octanol–water partition coefficient (Wildman–Crippen LogP) is 3.56. The van der Waals surface area contributed by atoms with Gasteiger partial charge in [0.1, 0.15) is 5.82 Å². The maximum absolute atomic E-state index is 14.3. The first kappa shape index (κ1) is 13.9. The van der Waals surface area contributed by atoms with Gasteiger partial charge in [0, 0.05) is 19.6 Å². The lowest BCUT2D eigenvalue weighted by atomic mass is 9.75. The second-order valence-corrected chi connectivity index (χ2v) is 6.36. The first-order valence-electron chi connectivity index (χ1n) is 7.96. The molecule has 20 heavy (non-hydrogen) atoms. The summed E-state index contributed by atoms with van der Waals surface area (Å²) >= 11 is 0. The van der Waals surface area contributed by atoms with Gasteiger partial charge in [-0.15, -0.1) is 0 Å². The highest BCUT2D eigenvalue weighted by Crippen LogP contribution is 2.38.